The molecular formula is C8H11NO4. The van der Waals surface area contributed by atoms with Gasteiger partial charge >= 0.3 is 5.97 Å². The van der Waals surface area contributed by atoms with Crippen LogP contribution in [0.25, 0.3) is 0 Å². The Morgan fingerprint density at radius 2 is 1.77 bits per heavy atom. The number of nitrogens with two attached hydrogens (primary N) is 1. The summed E-state index contributed by atoms with van der Waals surface area (Å²) in [6.07, 6.45) is 0.914. The first-order valence-corrected chi connectivity index (χ1v) is 4.29. The SMILES string of the molecule is NC(=O)C1C(C(=O)O)[C@@H]2CC[C@H]1O2. The molecular weight excluding hydrogens is 174 g/mol. The maximum absolute atomic E-state index is 11.0. The highest BCUT2D eigenvalue weighted by Gasteiger charge is 2.54. The standard InChI is InChI=1S/C8H11NO4/c9-7(10)5-3-1-2-4(13-3)6(5)8(11)12/h3-6H,1-2H2,(H2,9,10)(H,11,12)/t3-,4+,5?,6?/m1/s1. The highest BCUT2D eigenvalue weighted by Crippen LogP contribution is 2.43. The predicted molar refractivity (Wildman–Crippen MR) is 41.7 cm³/mol. The molecule has 1 amide bonds. The molecule has 5 nitrogen and oxygen atoms in total. The molecule has 72 valence electrons. The van der Waals surface area contributed by atoms with Gasteiger partial charge in [-0.25, -0.2) is 0 Å². The first kappa shape index (κ1) is 8.50. The van der Waals surface area contributed by atoms with Crippen LogP contribution in [0.1, 0.15) is 12.8 Å². The van der Waals surface area contributed by atoms with Crippen molar-refractivity contribution in [2.45, 2.75) is 25.0 Å². The second-order valence-corrected chi connectivity index (χ2v) is 3.58. The monoisotopic (exact) mass is 185 g/mol. The Labute approximate surface area is 74.9 Å². The fourth-order valence-corrected chi connectivity index (χ4v) is 2.35. The molecule has 2 bridgehead atoms. The summed E-state index contributed by atoms with van der Waals surface area (Å²) in [5.41, 5.74) is 5.13. The van der Waals surface area contributed by atoms with Crippen LogP contribution in [0, 0.1) is 11.8 Å². The highest BCUT2D eigenvalue weighted by molar-refractivity contribution is 5.85. The fourth-order valence-electron chi connectivity index (χ4n) is 2.35. The van der Waals surface area contributed by atoms with E-state index in [9.17, 15) is 9.59 Å². The zero-order valence-corrected chi connectivity index (χ0v) is 6.97. The van der Waals surface area contributed by atoms with Crippen LogP contribution in [0.2, 0.25) is 0 Å². The molecule has 0 spiro atoms. The van der Waals surface area contributed by atoms with Crippen LogP contribution < -0.4 is 5.73 Å². The lowest BCUT2D eigenvalue weighted by molar-refractivity contribution is -0.147. The number of carbonyl (C=O) groups excluding carboxylic acids is 1. The minimum Gasteiger partial charge on any atom is -0.481 e. The lowest BCUT2D eigenvalue weighted by Crippen LogP contribution is -2.41. The van der Waals surface area contributed by atoms with Gasteiger partial charge in [0.15, 0.2) is 0 Å². The zero-order valence-electron chi connectivity index (χ0n) is 6.97. The van der Waals surface area contributed by atoms with Crippen molar-refractivity contribution in [3.8, 4) is 0 Å². The second kappa shape index (κ2) is 2.70. The lowest BCUT2D eigenvalue weighted by Gasteiger charge is -2.21. The largest absolute Gasteiger partial charge is 0.481 e. The van der Waals surface area contributed by atoms with Crippen molar-refractivity contribution in [2.24, 2.45) is 17.6 Å². The summed E-state index contributed by atoms with van der Waals surface area (Å²) in [5.74, 6) is -2.89. The number of carboxylic acid groups (broad SMARTS) is 1. The average Bonchev–Trinajstić information content (AvgIpc) is 2.60. The summed E-state index contributed by atoms with van der Waals surface area (Å²) in [7, 11) is 0. The van der Waals surface area contributed by atoms with Crippen LogP contribution >= 0.6 is 0 Å². The van der Waals surface area contributed by atoms with Crippen molar-refractivity contribution >= 4 is 11.9 Å². The van der Waals surface area contributed by atoms with E-state index in [-0.39, 0.29) is 12.2 Å². The molecule has 2 heterocycles. The first-order valence-electron chi connectivity index (χ1n) is 4.29. The van der Waals surface area contributed by atoms with Gasteiger partial charge in [0.25, 0.3) is 0 Å². The summed E-state index contributed by atoms with van der Waals surface area (Å²) in [6.45, 7) is 0. The molecule has 0 radical (unpaired) electrons. The Morgan fingerprint density at radius 3 is 2.15 bits per heavy atom. The molecule has 5 heteroatoms. The molecule has 0 aromatic rings. The van der Waals surface area contributed by atoms with E-state index in [4.69, 9.17) is 15.6 Å². The Kier molecular flexibility index (Phi) is 1.76. The van der Waals surface area contributed by atoms with Gasteiger partial charge in [-0.1, -0.05) is 0 Å². The Morgan fingerprint density at radius 1 is 1.23 bits per heavy atom. The number of ether oxygens (including phenoxy) is 1. The third-order valence-electron chi connectivity index (χ3n) is 2.89. The Bertz CT molecular complexity index is 239. The number of carbonyl (C=O) groups is 2. The van der Waals surface area contributed by atoms with Gasteiger partial charge in [0.1, 0.15) is 0 Å². The third kappa shape index (κ3) is 1.11. The van der Waals surface area contributed by atoms with E-state index in [1.54, 1.807) is 0 Å². The Balaban J connectivity index is 2.24. The molecule has 2 aliphatic heterocycles. The normalized spacial score (nSPS) is 42.2. The summed E-state index contributed by atoms with van der Waals surface area (Å²) in [5, 5.41) is 8.87. The van der Waals surface area contributed by atoms with Gasteiger partial charge in [0, 0.05) is 0 Å². The smallest absolute Gasteiger partial charge is 0.310 e. The average molecular weight is 185 g/mol. The van der Waals surface area contributed by atoms with Crippen molar-refractivity contribution in [3.05, 3.63) is 0 Å². The van der Waals surface area contributed by atoms with Gasteiger partial charge in [-0.15, -0.1) is 0 Å². The van der Waals surface area contributed by atoms with E-state index in [2.05, 4.69) is 0 Å². The van der Waals surface area contributed by atoms with Gasteiger partial charge in [-0.05, 0) is 12.8 Å². The molecule has 0 aliphatic carbocycles. The van der Waals surface area contributed by atoms with E-state index in [0.29, 0.717) is 0 Å². The molecule has 2 aliphatic rings. The van der Waals surface area contributed by atoms with Gasteiger partial charge in [0.2, 0.25) is 5.91 Å². The van der Waals surface area contributed by atoms with E-state index in [0.717, 1.165) is 12.8 Å². The highest BCUT2D eigenvalue weighted by atomic mass is 16.5. The number of fused-ring (bicyclic) bond motifs is 2. The van der Waals surface area contributed by atoms with Crippen molar-refractivity contribution in [3.63, 3.8) is 0 Å². The molecule has 2 unspecified atom stereocenters. The van der Waals surface area contributed by atoms with Gasteiger partial charge in [0.05, 0.1) is 24.0 Å². The number of rotatable bonds is 2. The number of primary amides is 1. The maximum Gasteiger partial charge on any atom is 0.310 e. The van der Waals surface area contributed by atoms with Gasteiger partial charge in [-0.3, -0.25) is 9.59 Å². The molecule has 3 N–H and O–H groups in total. The van der Waals surface area contributed by atoms with Crippen molar-refractivity contribution < 1.29 is 19.4 Å². The van der Waals surface area contributed by atoms with E-state index in [1.807, 2.05) is 0 Å². The molecule has 2 rings (SSSR count). The van der Waals surface area contributed by atoms with Crippen molar-refractivity contribution in [1.29, 1.82) is 0 Å². The topological polar surface area (TPSA) is 89.6 Å². The molecule has 4 atom stereocenters. The minimum atomic E-state index is -0.976. The van der Waals surface area contributed by atoms with E-state index in [1.165, 1.54) is 0 Å². The first-order chi connectivity index (χ1) is 6.11. The van der Waals surface area contributed by atoms with Crippen molar-refractivity contribution in [1.82, 2.24) is 0 Å². The number of hydrogen-bond acceptors (Lipinski definition) is 3. The summed E-state index contributed by atoms with van der Waals surface area (Å²) >= 11 is 0. The van der Waals surface area contributed by atoms with Crippen LogP contribution in [0.3, 0.4) is 0 Å². The van der Waals surface area contributed by atoms with Gasteiger partial charge in [-0.2, -0.15) is 0 Å². The number of amides is 1. The van der Waals surface area contributed by atoms with Crippen LogP contribution in [-0.2, 0) is 14.3 Å². The number of carboxylic acids is 1. The molecule has 0 aromatic carbocycles. The van der Waals surface area contributed by atoms with Crippen LogP contribution in [-0.4, -0.2) is 29.2 Å². The van der Waals surface area contributed by atoms with Crippen LogP contribution in [0.15, 0.2) is 0 Å². The maximum atomic E-state index is 11.0. The number of hydrogen-bond donors (Lipinski definition) is 2. The molecule has 0 aromatic heterocycles. The minimum absolute atomic E-state index is 0.261. The summed E-state index contributed by atoms with van der Waals surface area (Å²) in [6, 6.07) is 0. The predicted octanol–water partition coefficient (Wildman–Crippen LogP) is -0.650. The second-order valence-electron chi connectivity index (χ2n) is 3.58. The molecule has 13 heavy (non-hydrogen) atoms. The lowest BCUT2D eigenvalue weighted by atomic mass is 9.79. The van der Waals surface area contributed by atoms with Crippen LogP contribution in [0.5, 0.6) is 0 Å². The molecule has 2 fully saturated rings. The van der Waals surface area contributed by atoms with E-state index < -0.39 is 23.7 Å². The third-order valence-corrected chi connectivity index (χ3v) is 2.89. The molecule has 2 saturated heterocycles. The Hall–Kier alpha value is -1.10. The van der Waals surface area contributed by atoms with Crippen LogP contribution in [0.4, 0.5) is 0 Å². The number of aliphatic carboxylic acids is 1. The summed E-state index contributed by atoms with van der Waals surface area (Å²) < 4.78 is 5.34. The van der Waals surface area contributed by atoms with Gasteiger partial charge < -0.3 is 15.6 Å². The summed E-state index contributed by atoms with van der Waals surface area (Å²) in [4.78, 5) is 21.8. The fraction of sp³-hybridized carbons (Fsp3) is 0.750. The zero-order chi connectivity index (χ0) is 9.59. The molecule has 0 saturated carbocycles. The van der Waals surface area contributed by atoms with E-state index >= 15 is 0 Å². The van der Waals surface area contributed by atoms with Crippen molar-refractivity contribution in [2.75, 3.05) is 0 Å². The quantitative estimate of drug-likeness (QED) is 0.598.